The Morgan fingerprint density at radius 2 is 1.10 bits per heavy atom. The van der Waals surface area contributed by atoms with Crippen LogP contribution in [0.2, 0.25) is 0 Å². The van der Waals surface area contributed by atoms with E-state index in [1.807, 2.05) is 0 Å². The van der Waals surface area contributed by atoms with Crippen molar-refractivity contribution in [3.05, 3.63) is 0 Å². The van der Waals surface area contributed by atoms with E-state index in [1.165, 1.54) is 0 Å². The molecule has 0 aromatic rings. The Labute approximate surface area is 81.2 Å². The van der Waals surface area contributed by atoms with Crippen LogP contribution in [0.25, 0.3) is 0 Å². The van der Waals surface area contributed by atoms with E-state index in [2.05, 4.69) is 0 Å². The van der Waals surface area contributed by atoms with Crippen LogP contribution in [0.4, 0.5) is 0 Å². The van der Waals surface area contributed by atoms with E-state index < -0.39 is 18.6 Å². The molecule has 0 rings (SSSR count). The fourth-order valence-corrected chi connectivity index (χ4v) is 0. The van der Waals surface area contributed by atoms with Gasteiger partial charge in [-0.1, -0.05) is 0 Å². The van der Waals surface area contributed by atoms with Crippen LogP contribution in [-0.2, 0) is 4.57 Å². The summed E-state index contributed by atoms with van der Waals surface area (Å²) in [5.74, 6) is 0. The maximum Gasteiger partial charge on any atom is 1.00 e. The van der Waals surface area contributed by atoms with Gasteiger partial charge in [0.25, 0.3) is 0 Å². The molecular formula is H3ClNaO7P. The average molecular weight is 204 g/mol. The van der Waals surface area contributed by atoms with Crippen LogP contribution in [0.15, 0.2) is 0 Å². The number of rotatable bonds is 0. The third kappa shape index (κ3) is 388. The second kappa shape index (κ2) is 8.38. The van der Waals surface area contributed by atoms with E-state index in [1.54, 1.807) is 0 Å². The summed E-state index contributed by atoms with van der Waals surface area (Å²) in [6, 6.07) is 0. The Morgan fingerprint density at radius 1 is 1.10 bits per heavy atom. The van der Waals surface area contributed by atoms with Crippen LogP contribution in [0.5, 0.6) is 0 Å². The Kier molecular flexibility index (Phi) is 14.6. The first kappa shape index (κ1) is 17.4. The molecule has 0 aromatic carbocycles. The Morgan fingerprint density at radius 3 is 1.10 bits per heavy atom. The standard InChI is InChI=1S/ClO3.Na.H3O4P/c2-1(3)4;;1-5(2,3)4/h;;(H3,1,2,3,4)/q-1;+1;. The smallest absolute Gasteiger partial charge is 0.357 e. The predicted octanol–water partition coefficient (Wildman–Crippen LogP) is -7.49. The van der Waals surface area contributed by atoms with Gasteiger partial charge in [-0.05, 0) is 0 Å². The zero-order chi connectivity index (χ0) is 8.08. The quantitative estimate of drug-likeness (QED) is 0.262. The third-order valence-electron chi connectivity index (χ3n) is 0. The molecule has 3 N–H and O–H groups in total. The molecule has 10 heteroatoms. The monoisotopic (exact) mass is 204 g/mol. The molecule has 0 heterocycles. The van der Waals surface area contributed by atoms with Crippen molar-refractivity contribution in [2.24, 2.45) is 0 Å². The van der Waals surface area contributed by atoms with Crippen molar-refractivity contribution in [2.75, 3.05) is 0 Å². The molecule has 10 heavy (non-hydrogen) atoms. The fraction of sp³-hybridized carbons (Fsp3) is 0. The second-order valence-electron chi connectivity index (χ2n) is 0.702. The van der Waals surface area contributed by atoms with Crippen LogP contribution in [0.1, 0.15) is 0 Å². The molecule has 0 unspecified atom stereocenters. The first-order valence-corrected chi connectivity index (χ1v) is 3.74. The van der Waals surface area contributed by atoms with Gasteiger partial charge >= 0.3 is 37.4 Å². The van der Waals surface area contributed by atoms with E-state index in [0.29, 0.717) is 0 Å². The minimum atomic E-state index is -4.64. The summed E-state index contributed by atoms with van der Waals surface area (Å²) >= 11 is 0. The first-order valence-electron chi connectivity index (χ1n) is 1.25. The minimum absolute atomic E-state index is 0. The summed E-state index contributed by atoms with van der Waals surface area (Å²) in [5, 5.41) is 0. The van der Waals surface area contributed by atoms with Gasteiger partial charge in [0.05, 0.1) is 10.8 Å². The van der Waals surface area contributed by atoms with Gasteiger partial charge < -0.3 is 28.7 Å². The van der Waals surface area contributed by atoms with Gasteiger partial charge in [-0.2, -0.15) is 0 Å². The van der Waals surface area contributed by atoms with Crippen molar-refractivity contribution in [3.8, 4) is 0 Å². The summed E-state index contributed by atoms with van der Waals surface area (Å²) in [6.07, 6.45) is 0. The van der Waals surface area contributed by atoms with Crippen LogP contribution >= 0.6 is 7.82 Å². The van der Waals surface area contributed by atoms with Gasteiger partial charge in [-0.3, -0.25) is 0 Å². The molecule has 0 saturated heterocycles. The summed E-state index contributed by atoms with van der Waals surface area (Å²) < 4.78 is 34.1. The average Bonchev–Trinajstić information content (AvgIpc) is 1.19. The molecule has 0 amide bonds. The van der Waals surface area contributed by atoms with Crippen molar-refractivity contribution in [3.63, 3.8) is 0 Å². The van der Waals surface area contributed by atoms with Crippen molar-refractivity contribution in [2.45, 2.75) is 0 Å². The van der Waals surface area contributed by atoms with Gasteiger partial charge in [-0.15, -0.1) is 0 Å². The first-order chi connectivity index (χ1) is 3.73. The van der Waals surface area contributed by atoms with Gasteiger partial charge in [0.1, 0.15) is 0 Å². The molecule has 0 saturated carbocycles. The Balaban J connectivity index is -0.0000000910. The fourth-order valence-electron chi connectivity index (χ4n) is 0. The summed E-state index contributed by atoms with van der Waals surface area (Å²) in [5.41, 5.74) is 0. The largest absolute Gasteiger partial charge is 1.00 e. The van der Waals surface area contributed by atoms with Crippen LogP contribution in [-0.4, -0.2) is 14.7 Å². The summed E-state index contributed by atoms with van der Waals surface area (Å²) in [6.45, 7) is 0. The van der Waals surface area contributed by atoms with Gasteiger partial charge in [0.15, 0.2) is 0 Å². The molecule has 58 valence electrons. The molecule has 0 aliphatic heterocycles. The van der Waals surface area contributed by atoms with Crippen molar-refractivity contribution >= 4 is 7.82 Å². The van der Waals surface area contributed by atoms with E-state index in [9.17, 15) is 0 Å². The van der Waals surface area contributed by atoms with Gasteiger partial charge in [0.2, 0.25) is 0 Å². The molecule has 0 fully saturated rings. The molecule has 0 aliphatic carbocycles. The predicted molar refractivity (Wildman–Crippen MR) is 14.3 cm³/mol. The van der Waals surface area contributed by atoms with Crippen molar-refractivity contribution in [1.29, 1.82) is 0 Å². The van der Waals surface area contributed by atoms with Gasteiger partial charge in [0, 0.05) is 0 Å². The maximum atomic E-state index is 8.88. The number of hydrogen-bond donors (Lipinski definition) is 3. The van der Waals surface area contributed by atoms with E-state index in [4.69, 9.17) is 33.2 Å². The maximum absolute atomic E-state index is 8.88. The zero-order valence-electron chi connectivity index (χ0n) is 4.80. The molecule has 7 nitrogen and oxygen atoms in total. The van der Waals surface area contributed by atoms with Crippen molar-refractivity contribution < 1.29 is 73.6 Å². The second-order valence-corrected chi connectivity index (χ2v) is 2.11. The SMILES string of the molecule is O=P(O)(O)O.[Na+].[O-][Cl+2]([O-])[O-]. The topological polar surface area (TPSA) is 147 Å². The summed E-state index contributed by atoms with van der Waals surface area (Å²) in [7, 11) is -7.49. The summed E-state index contributed by atoms with van der Waals surface area (Å²) in [4.78, 5) is 21.6. The molecule has 0 aliphatic rings. The van der Waals surface area contributed by atoms with Crippen LogP contribution in [0.3, 0.4) is 0 Å². The molecule has 0 aromatic heterocycles. The van der Waals surface area contributed by atoms with Crippen LogP contribution < -0.4 is 43.5 Å². The number of hydrogen-bond acceptors (Lipinski definition) is 4. The van der Waals surface area contributed by atoms with Crippen molar-refractivity contribution in [1.82, 2.24) is 0 Å². The molecule has 0 atom stereocenters. The molecule has 0 bridgehead atoms. The number of phosphoric acid groups is 1. The van der Waals surface area contributed by atoms with E-state index in [-0.39, 0.29) is 29.6 Å². The molecule has 0 spiro atoms. The van der Waals surface area contributed by atoms with Gasteiger partial charge in [-0.25, -0.2) is 4.57 Å². The third-order valence-corrected chi connectivity index (χ3v) is 0. The molecular weight excluding hydrogens is 201 g/mol. The van der Waals surface area contributed by atoms with E-state index >= 15 is 0 Å². The van der Waals surface area contributed by atoms with E-state index in [0.717, 1.165) is 0 Å². The Bertz CT molecular complexity index is 84.8. The normalized spacial score (nSPS) is 9.50. The Hall–Kier alpha value is 1.28. The number of halogens is 1. The van der Waals surface area contributed by atoms with Crippen LogP contribution in [0, 0.1) is 10.8 Å². The minimum Gasteiger partial charge on any atom is -0.357 e. The zero-order valence-corrected chi connectivity index (χ0v) is 8.45. The molecule has 0 radical (unpaired) electrons.